The van der Waals surface area contributed by atoms with Gasteiger partial charge < -0.3 is 0 Å². The third-order valence-corrected chi connectivity index (χ3v) is 0.912. The Hall–Kier alpha value is -0.340. The second-order valence-electron chi connectivity index (χ2n) is 3.38. The summed E-state index contributed by atoms with van der Waals surface area (Å²) in [5.74, 6) is 0. The molecule has 0 aliphatic carbocycles. The van der Waals surface area contributed by atoms with Crippen LogP contribution in [0.5, 0.6) is 0 Å². The van der Waals surface area contributed by atoms with Crippen LogP contribution in [0.1, 0.15) is 34.1 Å². The molecular formula is C9H18O2. The first-order valence-corrected chi connectivity index (χ1v) is 3.98. The van der Waals surface area contributed by atoms with Gasteiger partial charge in [0, 0.05) is 0 Å². The summed E-state index contributed by atoms with van der Waals surface area (Å²) >= 11 is 0. The van der Waals surface area contributed by atoms with Gasteiger partial charge >= 0.3 is 0 Å². The molecule has 2 nitrogen and oxygen atoms in total. The van der Waals surface area contributed by atoms with E-state index in [4.69, 9.17) is 9.78 Å². The molecule has 0 atom stereocenters. The molecule has 0 radical (unpaired) electrons. The van der Waals surface area contributed by atoms with Gasteiger partial charge in [-0.3, -0.25) is 0 Å². The van der Waals surface area contributed by atoms with Crippen LogP contribution < -0.4 is 0 Å². The van der Waals surface area contributed by atoms with Crippen LogP contribution in [0, 0.1) is 0 Å². The van der Waals surface area contributed by atoms with E-state index >= 15 is 0 Å². The summed E-state index contributed by atoms with van der Waals surface area (Å²) in [6, 6.07) is 0. The fourth-order valence-corrected chi connectivity index (χ4v) is 0.501. The molecule has 0 saturated heterocycles. The van der Waals surface area contributed by atoms with Crippen molar-refractivity contribution >= 4 is 0 Å². The Morgan fingerprint density at radius 2 is 1.91 bits per heavy atom. The molecular weight excluding hydrogens is 140 g/mol. The molecule has 0 unspecified atom stereocenters. The molecule has 0 N–H and O–H groups in total. The molecule has 0 aliphatic heterocycles. The fourth-order valence-electron chi connectivity index (χ4n) is 0.501. The predicted octanol–water partition coefficient (Wildman–Crippen LogP) is 2.70. The molecule has 2 heteroatoms. The molecule has 0 aromatic carbocycles. The Balaban J connectivity index is 3.15. The van der Waals surface area contributed by atoms with Crippen LogP contribution in [0.3, 0.4) is 0 Å². The third-order valence-electron chi connectivity index (χ3n) is 0.912. The van der Waals surface area contributed by atoms with Gasteiger partial charge in [0.15, 0.2) is 0 Å². The largest absolute Gasteiger partial charge is 0.236 e. The van der Waals surface area contributed by atoms with Crippen LogP contribution in [0.15, 0.2) is 12.2 Å². The number of hydrogen-bond donors (Lipinski definition) is 0. The second-order valence-corrected chi connectivity index (χ2v) is 3.38. The van der Waals surface area contributed by atoms with Crippen molar-refractivity contribution in [3.8, 4) is 0 Å². The molecule has 0 rings (SSSR count). The summed E-state index contributed by atoms with van der Waals surface area (Å²) in [6.45, 7) is 8.50. The van der Waals surface area contributed by atoms with Crippen molar-refractivity contribution in [3.05, 3.63) is 12.2 Å². The molecule has 0 heterocycles. The molecule has 0 bridgehead atoms. The van der Waals surface area contributed by atoms with Gasteiger partial charge in [-0.25, -0.2) is 9.78 Å². The van der Waals surface area contributed by atoms with E-state index in [1.165, 1.54) is 0 Å². The average molecular weight is 158 g/mol. The zero-order chi connectivity index (χ0) is 8.74. The highest BCUT2D eigenvalue weighted by atomic mass is 17.2. The van der Waals surface area contributed by atoms with Crippen LogP contribution in [-0.4, -0.2) is 12.2 Å². The van der Waals surface area contributed by atoms with Crippen molar-refractivity contribution in [2.45, 2.75) is 39.7 Å². The quantitative estimate of drug-likeness (QED) is 0.271. The Bertz CT molecular complexity index is 111. The van der Waals surface area contributed by atoms with Gasteiger partial charge in [0.2, 0.25) is 0 Å². The average Bonchev–Trinajstić information content (AvgIpc) is 1.85. The van der Waals surface area contributed by atoms with Gasteiger partial charge in [0.25, 0.3) is 0 Å². The van der Waals surface area contributed by atoms with Crippen molar-refractivity contribution in [1.82, 2.24) is 0 Å². The summed E-state index contributed by atoms with van der Waals surface area (Å²) in [6.07, 6.45) is 4.96. The van der Waals surface area contributed by atoms with E-state index in [0.717, 1.165) is 6.42 Å². The Labute approximate surface area is 69.1 Å². The first-order chi connectivity index (χ1) is 5.06. The molecule has 11 heavy (non-hydrogen) atoms. The molecule has 0 aromatic heterocycles. The van der Waals surface area contributed by atoms with Gasteiger partial charge in [0.05, 0.1) is 12.2 Å². The number of hydrogen-bond acceptors (Lipinski definition) is 2. The van der Waals surface area contributed by atoms with E-state index in [-0.39, 0.29) is 5.60 Å². The summed E-state index contributed by atoms with van der Waals surface area (Å²) in [5.41, 5.74) is -0.198. The lowest BCUT2D eigenvalue weighted by Crippen LogP contribution is -2.19. The minimum atomic E-state index is -0.198. The highest BCUT2D eigenvalue weighted by molar-refractivity contribution is 4.75. The third kappa shape index (κ3) is 9.66. The maximum atomic E-state index is 5.04. The first-order valence-electron chi connectivity index (χ1n) is 3.98. The Morgan fingerprint density at radius 1 is 1.27 bits per heavy atom. The van der Waals surface area contributed by atoms with Crippen molar-refractivity contribution in [2.24, 2.45) is 0 Å². The van der Waals surface area contributed by atoms with E-state index < -0.39 is 0 Å². The van der Waals surface area contributed by atoms with E-state index in [2.05, 4.69) is 0 Å². The van der Waals surface area contributed by atoms with Crippen molar-refractivity contribution < 1.29 is 9.78 Å². The van der Waals surface area contributed by atoms with Gasteiger partial charge in [-0.2, -0.15) is 0 Å². The van der Waals surface area contributed by atoms with Crippen LogP contribution >= 0.6 is 0 Å². The standard InChI is InChI=1S/C9H18O2/c1-5-6-7-8-10-11-9(2,3)4/h5-6H,7-8H2,1-4H3. The van der Waals surface area contributed by atoms with Crippen LogP contribution in [0.4, 0.5) is 0 Å². The maximum absolute atomic E-state index is 5.04. The summed E-state index contributed by atoms with van der Waals surface area (Å²) in [4.78, 5) is 9.99. The molecule has 0 amide bonds. The van der Waals surface area contributed by atoms with Gasteiger partial charge in [0.1, 0.15) is 0 Å². The molecule has 0 fully saturated rings. The SMILES string of the molecule is CC=CCCOOC(C)(C)C. The van der Waals surface area contributed by atoms with Crippen molar-refractivity contribution in [1.29, 1.82) is 0 Å². The molecule has 0 aliphatic rings. The lowest BCUT2D eigenvalue weighted by Gasteiger charge is -2.16. The monoisotopic (exact) mass is 158 g/mol. The zero-order valence-corrected chi connectivity index (χ0v) is 7.89. The smallest absolute Gasteiger partial charge is 0.0952 e. The normalized spacial score (nSPS) is 12.7. The lowest BCUT2D eigenvalue weighted by atomic mass is 10.2. The van der Waals surface area contributed by atoms with E-state index in [9.17, 15) is 0 Å². The number of rotatable bonds is 4. The van der Waals surface area contributed by atoms with Crippen LogP contribution in [0.2, 0.25) is 0 Å². The fraction of sp³-hybridized carbons (Fsp3) is 0.778. The topological polar surface area (TPSA) is 18.5 Å². The zero-order valence-electron chi connectivity index (χ0n) is 7.89. The van der Waals surface area contributed by atoms with Crippen LogP contribution in [-0.2, 0) is 9.78 Å². The summed E-state index contributed by atoms with van der Waals surface area (Å²) in [5, 5.41) is 0. The second kappa shape index (κ2) is 5.33. The minimum absolute atomic E-state index is 0.198. The highest BCUT2D eigenvalue weighted by Gasteiger charge is 2.10. The lowest BCUT2D eigenvalue weighted by molar-refractivity contribution is -0.347. The first kappa shape index (κ1) is 10.7. The minimum Gasteiger partial charge on any atom is -0.236 e. The molecule has 0 saturated carbocycles. The molecule has 0 spiro atoms. The highest BCUT2D eigenvalue weighted by Crippen LogP contribution is 2.06. The van der Waals surface area contributed by atoms with Gasteiger partial charge in [-0.1, -0.05) is 12.2 Å². The Morgan fingerprint density at radius 3 is 2.36 bits per heavy atom. The van der Waals surface area contributed by atoms with Gasteiger partial charge in [-0.15, -0.1) is 0 Å². The molecule has 66 valence electrons. The van der Waals surface area contributed by atoms with Gasteiger partial charge in [-0.05, 0) is 34.1 Å². The molecule has 0 aromatic rings. The van der Waals surface area contributed by atoms with E-state index in [1.807, 2.05) is 39.8 Å². The summed E-state index contributed by atoms with van der Waals surface area (Å²) in [7, 11) is 0. The van der Waals surface area contributed by atoms with E-state index in [1.54, 1.807) is 0 Å². The predicted molar refractivity (Wildman–Crippen MR) is 46.2 cm³/mol. The van der Waals surface area contributed by atoms with Crippen molar-refractivity contribution in [3.63, 3.8) is 0 Å². The van der Waals surface area contributed by atoms with Crippen molar-refractivity contribution in [2.75, 3.05) is 6.61 Å². The van der Waals surface area contributed by atoms with Crippen LogP contribution in [0.25, 0.3) is 0 Å². The Kier molecular flexibility index (Phi) is 5.16. The van der Waals surface area contributed by atoms with E-state index in [0.29, 0.717) is 6.61 Å². The number of allylic oxidation sites excluding steroid dienone is 1. The summed E-state index contributed by atoms with van der Waals surface area (Å²) < 4.78 is 0. The maximum Gasteiger partial charge on any atom is 0.0952 e.